The highest BCUT2D eigenvalue weighted by atomic mass is 32.2. The highest BCUT2D eigenvalue weighted by Gasteiger charge is 2.37. The SMILES string of the molecule is Cc1cc(C(C)(C)C)c(C(F)(F)F)cc1-c1cc(=O)c(S(C)(=O)=O)c(C)[nH]1. The van der Waals surface area contributed by atoms with E-state index in [1.165, 1.54) is 13.0 Å². The van der Waals surface area contributed by atoms with Crippen molar-refractivity contribution in [2.75, 3.05) is 6.26 Å². The summed E-state index contributed by atoms with van der Waals surface area (Å²) in [5.74, 6) is 0. The molecule has 0 aliphatic heterocycles. The lowest BCUT2D eigenvalue weighted by Gasteiger charge is -2.26. The molecule has 0 aliphatic rings. The van der Waals surface area contributed by atoms with Crippen LogP contribution in [0.15, 0.2) is 27.9 Å². The fraction of sp³-hybridized carbons (Fsp3) is 0.421. The molecule has 27 heavy (non-hydrogen) atoms. The Balaban J connectivity index is 2.84. The molecule has 0 bridgehead atoms. The molecule has 0 radical (unpaired) electrons. The molecule has 0 fully saturated rings. The monoisotopic (exact) mass is 401 g/mol. The Labute approximate surface area is 156 Å². The fourth-order valence-electron chi connectivity index (χ4n) is 3.14. The maximum absolute atomic E-state index is 13.6. The largest absolute Gasteiger partial charge is 0.416 e. The second-order valence-corrected chi connectivity index (χ2v) is 9.69. The summed E-state index contributed by atoms with van der Waals surface area (Å²) < 4.78 is 64.4. The van der Waals surface area contributed by atoms with Gasteiger partial charge in [0, 0.05) is 29.3 Å². The van der Waals surface area contributed by atoms with Gasteiger partial charge in [-0.05, 0) is 36.5 Å². The van der Waals surface area contributed by atoms with E-state index in [0.717, 1.165) is 18.4 Å². The lowest BCUT2D eigenvalue weighted by atomic mass is 9.81. The van der Waals surface area contributed by atoms with E-state index in [-0.39, 0.29) is 27.4 Å². The van der Waals surface area contributed by atoms with Crippen LogP contribution in [0, 0.1) is 13.8 Å². The van der Waals surface area contributed by atoms with Crippen LogP contribution in [0.4, 0.5) is 13.2 Å². The van der Waals surface area contributed by atoms with E-state index in [0.29, 0.717) is 5.56 Å². The van der Waals surface area contributed by atoms with Gasteiger partial charge in [0.1, 0.15) is 4.90 Å². The lowest BCUT2D eigenvalue weighted by Crippen LogP contribution is -2.20. The van der Waals surface area contributed by atoms with Gasteiger partial charge in [-0.25, -0.2) is 8.42 Å². The lowest BCUT2D eigenvalue weighted by molar-refractivity contribution is -0.138. The molecule has 0 saturated carbocycles. The van der Waals surface area contributed by atoms with Gasteiger partial charge in [-0.2, -0.15) is 13.2 Å². The summed E-state index contributed by atoms with van der Waals surface area (Å²) in [6.45, 7) is 8.16. The van der Waals surface area contributed by atoms with Gasteiger partial charge < -0.3 is 4.98 Å². The Bertz CT molecular complexity index is 1060. The third kappa shape index (κ3) is 4.26. The first-order valence-electron chi connectivity index (χ1n) is 8.20. The zero-order valence-corrected chi connectivity index (χ0v) is 16.8. The van der Waals surface area contributed by atoms with Crippen LogP contribution in [0.25, 0.3) is 11.3 Å². The third-order valence-corrected chi connectivity index (χ3v) is 5.55. The molecule has 2 rings (SSSR count). The van der Waals surface area contributed by atoms with Crippen LogP contribution in [0.2, 0.25) is 0 Å². The van der Waals surface area contributed by atoms with Crippen LogP contribution in [-0.4, -0.2) is 19.7 Å². The Morgan fingerprint density at radius 2 is 1.52 bits per heavy atom. The van der Waals surface area contributed by atoms with Crippen molar-refractivity contribution in [1.82, 2.24) is 4.98 Å². The van der Waals surface area contributed by atoms with Gasteiger partial charge in [-0.3, -0.25) is 4.79 Å². The number of aromatic nitrogens is 1. The number of aromatic amines is 1. The first kappa shape index (κ1) is 21.2. The van der Waals surface area contributed by atoms with Crippen LogP contribution in [0.3, 0.4) is 0 Å². The number of nitrogens with one attached hydrogen (secondary N) is 1. The molecule has 1 aromatic carbocycles. The highest BCUT2D eigenvalue weighted by molar-refractivity contribution is 7.90. The molecule has 4 nitrogen and oxygen atoms in total. The summed E-state index contributed by atoms with van der Waals surface area (Å²) in [5, 5.41) is 0. The van der Waals surface area contributed by atoms with Crippen molar-refractivity contribution in [1.29, 1.82) is 0 Å². The topological polar surface area (TPSA) is 67.0 Å². The number of halogens is 3. The van der Waals surface area contributed by atoms with Crippen molar-refractivity contribution in [3.05, 3.63) is 50.8 Å². The summed E-state index contributed by atoms with van der Waals surface area (Å²) in [5.41, 5.74) is -1.11. The van der Waals surface area contributed by atoms with Crippen molar-refractivity contribution >= 4 is 9.84 Å². The number of H-pyrrole nitrogens is 1. The predicted molar refractivity (Wildman–Crippen MR) is 98.8 cm³/mol. The van der Waals surface area contributed by atoms with Crippen LogP contribution >= 0.6 is 0 Å². The summed E-state index contributed by atoms with van der Waals surface area (Å²) >= 11 is 0. The van der Waals surface area contributed by atoms with Crippen LogP contribution in [0.1, 0.15) is 43.2 Å². The van der Waals surface area contributed by atoms with Gasteiger partial charge in [0.05, 0.1) is 5.56 Å². The van der Waals surface area contributed by atoms with E-state index in [9.17, 15) is 26.4 Å². The predicted octanol–water partition coefficient (Wildman–Crippen LogP) is 4.38. The van der Waals surface area contributed by atoms with E-state index in [2.05, 4.69) is 4.98 Å². The number of rotatable bonds is 2. The van der Waals surface area contributed by atoms with Crippen molar-refractivity contribution in [3.8, 4) is 11.3 Å². The third-order valence-electron chi connectivity index (χ3n) is 4.30. The van der Waals surface area contributed by atoms with Crippen molar-refractivity contribution in [2.24, 2.45) is 0 Å². The smallest absolute Gasteiger partial charge is 0.357 e. The molecule has 0 unspecified atom stereocenters. The van der Waals surface area contributed by atoms with Crippen molar-refractivity contribution < 1.29 is 21.6 Å². The molecule has 1 N–H and O–H groups in total. The number of hydrogen-bond donors (Lipinski definition) is 1. The first-order valence-corrected chi connectivity index (χ1v) is 10.1. The molecule has 0 atom stereocenters. The molecular formula is C19H22F3NO3S. The average Bonchev–Trinajstić information content (AvgIpc) is 2.42. The summed E-state index contributed by atoms with van der Waals surface area (Å²) in [4.78, 5) is 14.7. The van der Waals surface area contributed by atoms with Gasteiger partial charge in [-0.15, -0.1) is 0 Å². The second-order valence-electron chi connectivity index (χ2n) is 7.73. The normalized spacial score (nSPS) is 13.1. The Morgan fingerprint density at radius 3 is 1.93 bits per heavy atom. The number of sulfone groups is 1. The summed E-state index contributed by atoms with van der Waals surface area (Å²) in [6, 6.07) is 3.51. The van der Waals surface area contributed by atoms with Crippen LogP contribution in [-0.2, 0) is 21.4 Å². The number of hydrogen-bond acceptors (Lipinski definition) is 3. The van der Waals surface area contributed by atoms with Gasteiger partial charge in [0.15, 0.2) is 9.84 Å². The zero-order valence-electron chi connectivity index (χ0n) is 16.0. The number of benzene rings is 1. The maximum atomic E-state index is 13.6. The Morgan fingerprint density at radius 1 is 0.963 bits per heavy atom. The van der Waals surface area contributed by atoms with Gasteiger partial charge in [0.25, 0.3) is 0 Å². The minimum Gasteiger partial charge on any atom is -0.357 e. The Kier molecular flexibility index (Phi) is 5.11. The molecule has 0 amide bonds. The first-order chi connectivity index (χ1) is 12.0. The molecule has 0 saturated heterocycles. The minimum atomic E-state index is -4.56. The van der Waals surface area contributed by atoms with Gasteiger partial charge in [-0.1, -0.05) is 26.8 Å². The number of alkyl halides is 3. The van der Waals surface area contributed by atoms with Crippen LogP contribution < -0.4 is 5.43 Å². The molecule has 0 aliphatic carbocycles. The summed E-state index contributed by atoms with van der Waals surface area (Å²) in [6.07, 6.45) is -3.65. The second kappa shape index (κ2) is 6.51. The van der Waals surface area contributed by atoms with E-state index in [1.807, 2.05) is 0 Å². The molecular weight excluding hydrogens is 379 g/mol. The minimum absolute atomic E-state index is 0.0906. The molecule has 0 spiro atoms. The van der Waals surface area contributed by atoms with E-state index >= 15 is 0 Å². The van der Waals surface area contributed by atoms with E-state index in [1.54, 1.807) is 27.7 Å². The van der Waals surface area contributed by atoms with E-state index in [4.69, 9.17) is 0 Å². The van der Waals surface area contributed by atoms with Crippen LogP contribution in [0.5, 0.6) is 0 Å². The number of aryl methyl sites for hydroxylation is 2. The summed E-state index contributed by atoms with van der Waals surface area (Å²) in [7, 11) is -3.75. The fourth-order valence-corrected chi connectivity index (χ4v) is 4.17. The highest BCUT2D eigenvalue weighted by Crippen LogP contribution is 2.40. The molecule has 148 valence electrons. The standard InChI is InChI=1S/C19H22F3NO3S/c1-10-7-13(18(3,4)5)14(19(20,21)22)8-12(10)15-9-16(24)17(11(2)23-15)27(6,25)26/h7-9H,1-6H3,(H,23,24). The van der Waals surface area contributed by atoms with Gasteiger partial charge >= 0.3 is 6.18 Å². The maximum Gasteiger partial charge on any atom is 0.416 e. The van der Waals surface area contributed by atoms with Gasteiger partial charge in [0.2, 0.25) is 5.43 Å². The average molecular weight is 401 g/mol. The Hall–Kier alpha value is -2.09. The zero-order chi connectivity index (χ0) is 20.9. The quantitative estimate of drug-likeness (QED) is 0.812. The number of pyridine rings is 1. The molecule has 2 aromatic rings. The molecule has 1 heterocycles. The molecule has 1 aromatic heterocycles. The van der Waals surface area contributed by atoms with Crippen molar-refractivity contribution in [2.45, 2.75) is 51.1 Å². The molecule has 8 heteroatoms. The van der Waals surface area contributed by atoms with E-state index < -0.39 is 32.4 Å². The van der Waals surface area contributed by atoms with Crippen molar-refractivity contribution in [3.63, 3.8) is 0 Å².